The number of pyridine rings is 1. The lowest BCUT2D eigenvalue weighted by atomic mass is 10.1. The van der Waals surface area contributed by atoms with Crippen LogP contribution in [0.3, 0.4) is 0 Å². The second kappa shape index (κ2) is 21.4. The standard InChI is InChI=1S/C33H52N2O5S/c36-28-12-7-3-1-5-9-24-35(25-10-6-2-4-8-13-29-37)33-19-17-31(18-20-33)15-16-32-21-26-34(27-22-32)23-11-14-30-41(38,39)40/h15-22,26-27,36-37H,1-14,23-25,28-30H2/p+1. The third-order valence-corrected chi connectivity index (χ3v) is 8.19. The largest absolute Gasteiger partial charge is 0.396 e. The third-order valence-electron chi connectivity index (χ3n) is 7.38. The van der Waals surface area contributed by atoms with Crippen LogP contribution in [-0.2, 0) is 16.7 Å². The molecule has 0 fully saturated rings. The molecule has 41 heavy (non-hydrogen) atoms. The van der Waals surface area contributed by atoms with Gasteiger partial charge in [0.25, 0.3) is 10.1 Å². The van der Waals surface area contributed by atoms with Crippen molar-refractivity contribution in [1.29, 1.82) is 0 Å². The maximum Gasteiger partial charge on any atom is 0.264 e. The Bertz CT molecular complexity index is 1040. The Hall–Kier alpha value is -2.26. The molecule has 1 heterocycles. The summed E-state index contributed by atoms with van der Waals surface area (Å²) in [5.74, 6) is -0.191. The Morgan fingerprint density at radius 1 is 0.610 bits per heavy atom. The van der Waals surface area contributed by atoms with Gasteiger partial charge in [0.1, 0.15) is 6.54 Å². The third kappa shape index (κ3) is 17.3. The predicted octanol–water partition coefficient (Wildman–Crippen LogP) is 6.28. The minimum atomic E-state index is -3.88. The van der Waals surface area contributed by atoms with Crippen molar-refractivity contribution < 1.29 is 27.8 Å². The number of rotatable bonds is 24. The minimum Gasteiger partial charge on any atom is -0.396 e. The van der Waals surface area contributed by atoms with Gasteiger partial charge in [0.2, 0.25) is 0 Å². The summed E-state index contributed by atoms with van der Waals surface area (Å²) in [5.41, 5.74) is 3.53. The molecule has 3 N–H and O–H groups in total. The number of aliphatic hydroxyl groups excluding tert-OH is 2. The van der Waals surface area contributed by atoms with Crippen molar-refractivity contribution in [3.05, 3.63) is 59.9 Å². The summed E-state index contributed by atoms with van der Waals surface area (Å²) >= 11 is 0. The highest BCUT2D eigenvalue weighted by Crippen LogP contribution is 2.20. The lowest BCUT2D eigenvalue weighted by Gasteiger charge is -2.25. The van der Waals surface area contributed by atoms with E-state index in [1.165, 1.54) is 57.1 Å². The number of anilines is 1. The van der Waals surface area contributed by atoms with E-state index in [-0.39, 0.29) is 5.75 Å². The molecular formula is C33H53N2O5S+. The van der Waals surface area contributed by atoms with Crippen molar-refractivity contribution in [3.63, 3.8) is 0 Å². The van der Waals surface area contributed by atoms with E-state index >= 15 is 0 Å². The first-order valence-electron chi connectivity index (χ1n) is 15.6. The van der Waals surface area contributed by atoms with E-state index in [1.54, 1.807) is 0 Å². The van der Waals surface area contributed by atoms with Crippen LogP contribution < -0.4 is 9.47 Å². The van der Waals surface area contributed by atoms with Crippen LogP contribution in [0.1, 0.15) is 101 Å². The molecule has 0 spiro atoms. The molecule has 0 atom stereocenters. The quantitative estimate of drug-likeness (QED) is 0.0756. The van der Waals surface area contributed by atoms with Crippen molar-refractivity contribution in [3.8, 4) is 0 Å². The summed E-state index contributed by atoms with van der Waals surface area (Å²) in [5, 5.41) is 17.9. The van der Waals surface area contributed by atoms with Crippen LogP contribution in [0.5, 0.6) is 0 Å². The smallest absolute Gasteiger partial charge is 0.264 e. The molecule has 0 aliphatic rings. The Balaban J connectivity index is 1.86. The SMILES string of the molecule is O=S(=O)(O)CCCC[n+]1ccc(/C=C/c2ccc(N(CCCCCCCCO)CCCCCCCCO)cc2)cc1. The lowest BCUT2D eigenvalue weighted by Crippen LogP contribution is -2.32. The summed E-state index contributed by atoms with van der Waals surface area (Å²) in [6.07, 6.45) is 23.1. The predicted molar refractivity (Wildman–Crippen MR) is 169 cm³/mol. The molecule has 8 heteroatoms. The first kappa shape index (κ1) is 34.9. The number of hydrogen-bond acceptors (Lipinski definition) is 5. The highest BCUT2D eigenvalue weighted by molar-refractivity contribution is 7.85. The fraction of sp³-hybridized carbons (Fsp3) is 0.606. The van der Waals surface area contributed by atoms with Crippen LogP contribution in [0.15, 0.2) is 48.8 Å². The van der Waals surface area contributed by atoms with Gasteiger partial charge in [-0.05, 0) is 55.4 Å². The van der Waals surface area contributed by atoms with E-state index in [0.717, 1.165) is 49.9 Å². The summed E-state index contributed by atoms with van der Waals surface area (Å²) in [7, 11) is -3.88. The molecule has 0 amide bonds. The maximum atomic E-state index is 10.8. The molecular weight excluding hydrogens is 536 g/mol. The first-order chi connectivity index (χ1) is 19.9. The normalized spacial score (nSPS) is 11.9. The number of aliphatic hydroxyl groups is 2. The van der Waals surface area contributed by atoms with Gasteiger partial charge in [0.05, 0.1) is 5.75 Å². The van der Waals surface area contributed by atoms with Crippen LogP contribution in [0.25, 0.3) is 12.2 Å². The molecule has 0 bridgehead atoms. The number of aryl methyl sites for hydroxylation is 1. The van der Waals surface area contributed by atoms with Gasteiger partial charge in [0, 0.05) is 50.5 Å². The minimum absolute atomic E-state index is 0.191. The highest BCUT2D eigenvalue weighted by Gasteiger charge is 2.08. The molecule has 2 aromatic rings. The van der Waals surface area contributed by atoms with Gasteiger partial charge in [0.15, 0.2) is 12.4 Å². The number of unbranched alkanes of at least 4 members (excludes halogenated alkanes) is 11. The zero-order valence-corrected chi connectivity index (χ0v) is 25.7. The van der Waals surface area contributed by atoms with E-state index < -0.39 is 10.1 Å². The van der Waals surface area contributed by atoms with Crippen molar-refractivity contribution in [2.24, 2.45) is 0 Å². The second-order valence-electron chi connectivity index (χ2n) is 11.0. The Morgan fingerprint density at radius 3 is 1.56 bits per heavy atom. The zero-order valence-electron chi connectivity index (χ0n) is 24.9. The van der Waals surface area contributed by atoms with E-state index in [4.69, 9.17) is 14.8 Å². The lowest BCUT2D eigenvalue weighted by molar-refractivity contribution is -0.697. The molecule has 0 radical (unpaired) electrons. The topological polar surface area (TPSA) is 102 Å². The number of hydrogen-bond donors (Lipinski definition) is 3. The second-order valence-corrected chi connectivity index (χ2v) is 12.5. The first-order valence-corrected chi connectivity index (χ1v) is 17.2. The molecule has 7 nitrogen and oxygen atoms in total. The number of nitrogens with zero attached hydrogens (tertiary/aromatic N) is 2. The zero-order chi connectivity index (χ0) is 29.6. The molecule has 0 aliphatic carbocycles. The molecule has 1 aromatic carbocycles. The van der Waals surface area contributed by atoms with E-state index in [0.29, 0.717) is 32.6 Å². The molecule has 0 unspecified atom stereocenters. The average Bonchev–Trinajstić information content (AvgIpc) is 2.96. The van der Waals surface area contributed by atoms with Crippen LogP contribution >= 0.6 is 0 Å². The van der Waals surface area contributed by atoms with Gasteiger partial charge >= 0.3 is 0 Å². The van der Waals surface area contributed by atoms with Gasteiger partial charge in [-0.2, -0.15) is 8.42 Å². The summed E-state index contributed by atoms with van der Waals surface area (Å²) in [4.78, 5) is 2.53. The summed E-state index contributed by atoms with van der Waals surface area (Å²) in [6.45, 7) is 3.45. The van der Waals surface area contributed by atoms with Gasteiger partial charge in [-0.15, -0.1) is 0 Å². The monoisotopic (exact) mass is 589 g/mol. The molecule has 1 aromatic heterocycles. The average molecular weight is 590 g/mol. The fourth-order valence-corrected chi connectivity index (χ4v) is 5.48. The van der Waals surface area contributed by atoms with Gasteiger partial charge in [-0.3, -0.25) is 4.55 Å². The van der Waals surface area contributed by atoms with Gasteiger partial charge in [-0.25, -0.2) is 4.57 Å². The van der Waals surface area contributed by atoms with E-state index in [1.807, 2.05) is 29.1 Å². The van der Waals surface area contributed by atoms with E-state index in [9.17, 15) is 8.42 Å². The molecule has 230 valence electrons. The Kier molecular flexibility index (Phi) is 18.3. The van der Waals surface area contributed by atoms with Gasteiger partial charge < -0.3 is 15.1 Å². The van der Waals surface area contributed by atoms with Crippen molar-refractivity contribution in [2.45, 2.75) is 96.4 Å². The van der Waals surface area contributed by atoms with Crippen LogP contribution in [0, 0.1) is 0 Å². The van der Waals surface area contributed by atoms with Gasteiger partial charge in [-0.1, -0.05) is 75.7 Å². The van der Waals surface area contributed by atoms with Crippen LogP contribution in [0.4, 0.5) is 5.69 Å². The number of aromatic nitrogens is 1. The molecule has 0 aliphatic heterocycles. The van der Waals surface area contributed by atoms with Crippen LogP contribution in [0.2, 0.25) is 0 Å². The Morgan fingerprint density at radius 2 is 1.07 bits per heavy atom. The molecule has 0 saturated carbocycles. The number of benzene rings is 1. The molecule has 2 rings (SSSR count). The summed E-state index contributed by atoms with van der Waals surface area (Å²) < 4.78 is 32.5. The Labute approximate surface area is 248 Å². The summed E-state index contributed by atoms with van der Waals surface area (Å²) in [6, 6.07) is 12.9. The molecule has 0 saturated heterocycles. The van der Waals surface area contributed by atoms with Crippen molar-refractivity contribution in [2.75, 3.05) is 37.0 Å². The maximum absolute atomic E-state index is 10.8. The fourth-order valence-electron chi connectivity index (χ4n) is 4.91. The van der Waals surface area contributed by atoms with Crippen molar-refractivity contribution >= 4 is 28.0 Å². The van der Waals surface area contributed by atoms with Crippen molar-refractivity contribution in [1.82, 2.24) is 0 Å². The van der Waals surface area contributed by atoms with Crippen LogP contribution in [-0.4, -0.2) is 55.2 Å². The highest BCUT2D eigenvalue weighted by atomic mass is 32.2. The van der Waals surface area contributed by atoms with E-state index in [2.05, 4.69) is 41.3 Å².